The van der Waals surface area contributed by atoms with Gasteiger partial charge in [0, 0.05) is 38.3 Å². The molecule has 2 heterocycles. The maximum Gasteiger partial charge on any atom is 0.586 e. The van der Waals surface area contributed by atoms with E-state index in [-0.39, 0.29) is 35.0 Å². The van der Waals surface area contributed by atoms with Crippen LogP contribution in [0.4, 0.5) is 22.0 Å². The molecule has 1 saturated heterocycles. The van der Waals surface area contributed by atoms with Gasteiger partial charge in [0.1, 0.15) is 0 Å². The molecule has 2 aromatic rings. The zero-order chi connectivity index (χ0) is 22.2. The van der Waals surface area contributed by atoms with Crippen molar-refractivity contribution in [2.45, 2.75) is 18.9 Å². The summed E-state index contributed by atoms with van der Waals surface area (Å²) in [5, 5.41) is 0. The number of ether oxygens (including phenoxy) is 2. The van der Waals surface area contributed by atoms with E-state index in [1.807, 2.05) is 4.90 Å². The maximum atomic E-state index is 13.1. The van der Waals surface area contributed by atoms with Gasteiger partial charge in [-0.15, -0.1) is 8.78 Å². The van der Waals surface area contributed by atoms with Crippen molar-refractivity contribution < 1.29 is 36.2 Å². The molecule has 5 nitrogen and oxygen atoms in total. The van der Waals surface area contributed by atoms with Gasteiger partial charge in [-0.2, -0.15) is 13.2 Å². The highest BCUT2D eigenvalue weighted by Gasteiger charge is 2.43. The molecular weight excluding hydrogens is 423 g/mol. The average molecular weight is 442 g/mol. The Labute approximate surface area is 174 Å². The number of benzene rings is 2. The fourth-order valence-corrected chi connectivity index (χ4v) is 3.73. The molecule has 0 spiro atoms. The fraction of sp³-hybridized carbons (Fsp3) is 0.381. The van der Waals surface area contributed by atoms with Crippen LogP contribution in [-0.4, -0.2) is 54.7 Å². The molecule has 0 N–H and O–H groups in total. The summed E-state index contributed by atoms with van der Waals surface area (Å²) < 4.78 is 74.4. The smallest absolute Gasteiger partial charge is 0.395 e. The predicted molar refractivity (Wildman–Crippen MR) is 100 cm³/mol. The van der Waals surface area contributed by atoms with E-state index in [4.69, 9.17) is 0 Å². The molecule has 1 fully saturated rings. The maximum absolute atomic E-state index is 13.1. The normalized spacial score (nSPS) is 18.3. The van der Waals surface area contributed by atoms with E-state index >= 15 is 0 Å². The van der Waals surface area contributed by atoms with Crippen LogP contribution >= 0.6 is 0 Å². The van der Waals surface area contributed by atoms with Gasteiger partial charge >= 0.3 is 12.5 Å². The Balaban J connectivity index is 1.32. The molecule has 10 heteroatoms. The Bertz CT molecular complexity index is 972. The predicted octanol–water partition coefficient (Wildman–Crippen LogP) is 4.03. The molecule has 4 rings (SSSR count). The van der Waals surface area contributed by atoms with Gasteiger partial charge in [-0.05, 0) is 36.2 Å². The molecule has 2 aliphatic rings. The van der Waals surface area contributed by atoms with Crippen molar-refractivity contribution in [1.82, 2.24) is 9.80 Å². The fourth-order valence-electron chi connectivity index (χ4n) is 3.73. The molecule has 1 amide bonds. The Morgan fingerprint density at radius 3 is 2.35 bits per heavy atom. The summed E-state index contributed by atoms with van der Waals surface area (Å²) >= 11 is 0. The van der Waals surface area contributed by atoms with Crippen molar-refractivity contribution in [3.8, 4) is 11.5 Å². The number of rotatable bonds is 4. The number of nitrogens with zero attached hydrogens (tertiary/aromatic N) is 2. The molecule has 0 aliphatic carbocycles. The minimum atomic E-state index is -4.39. The zero-order valence-electron chi connectivity index (χ0n) is 16.3. The van der Waals surface area contributed by atoms with Crippen molar-refractivity contribution in [2.75, 3.05) is 32.7 Å². The molecule has 2 aromatic carbocycles. The molecule has 0 saturated carbocycles. The van der Waals surface area contributed by atoms with Crippen molar-refractivity contribution in [3.05, 3.63) is 59.2 Å². The zero-order valence-corrected chi connectivity index (χ0v) is 16.3. The SMILES string of the molecule is O=C(c1ccc2c(c1)OC(F)(F)O2)N1CCN(CCc2ccccc2C(F)(F)F)CC1. The minimum Gasteiger partial charge on any atom is -0.395 e. The summed E-state index contributed by atoms with van der Waals surface area (Å²) in [4.78, 5) is 16.3. The number of hydrogen-bond donors (Lipinski definition) is 0. The number of amides is 1. The van der Waals surface area contributed by atoms with Crippen LogP contribution < -0.4 is 9.47 Å². The van der Waals surface area contributed by atoms with Gasteiger partial charge in [0.05, 0.1) is 5.56 Å². The first-order valence-electron chi connectivity index (χ1n) is 9.69. The standard InChI is InChI=1S/C21H19F5N2O3/c22-20(23,24)16-4-2-1-3-14(16)7-8-27-9-11-28(12-10-27)19(29)15-5-6-17-18(13-15)31-21(25,26)30-17/h1-6,13H,7-12H2. The first-order chi connectivity index (χ1) is 14.6. The Morgan fingerprint density at radius 2 is 1.65 bits per heavy atom. The van der Waals surface area contributed by atoms with E-state index in [1.54, 1.807) is 11.0 Å². The lowest BCUT2D eigenvalue weighted by Crippen LogP contribution is -2.49. The van der Waals surface area contributed by atoms with Gasteiger partial charge < -0.3 is 14.4 Å². The largest absolute Gasteiger partial charge is 0.586 e. The van der Waals surface area contributed by atoms with Crippen LogP contribution in [0.3, 0.4) is 0 Å². The Hall–Kier alpha value is -2.88. The molecule has 0 bridgehead atoms. The Kier molecular flexibility index (Phi) is 5.50. The number of fused-ring (bicyclic) bond motifs is 1. The van der Waals surface area contributed by atoms with Gasteiger partial charge in [-0.1, -0.05) is 18.2 Å². The number of carbonyl (C=O) groups excluding carboxylic acids is 1. The van der Waals surface area contributed by atoms with Crippen LogP contribution in [0.2, 0.25) is 0 Å². The van der Waals surface area contributed by atoms with Crippen LogP contribution in [-0.2, 0) is 12.6 Å². The van der Waals surface area contributed by atoms with Crippen molar-refractivity contribution in [2.24, 2.45) is 0 Å². The second-order valence-electron chi connectivity index (χ2n) is 7.37. The second kappa shape index (κ2) is 7.99. The van der Waals surface area contributed by atoms with Crippen molar-refractivity contribution in [3.63, 3.8) is 0 Å². The van der Waals surface area contributed by atoms with Gasteiger partial charge in [-0.3, -0.25) is 9.69 Å². The van der Waals surface area contributed by atoms with Crippen LogP contribution in [0.25, 0.3) is 0 Å². The summed E-state index contributed by atoms with van der Waals surface area (Å²) in [6.45, 7) is 2.20. The van der Waals surface area contributed by atoms with E-state index in [9.17, 15) is 26.7 Å². The average Bonchev–Trinajstić information content (AvgIpc) is 3.04. The molecular formula is C21H19F5N2O3. The van der Waals surface area contributed by atoms with Crippen LogP contribution in [0.1, 0.15) is 21.5 Å². The number of alkyl halides is 5. The minimum absolute atomic E-state index is 0.134. The summed E-state index contributed by atoms with van der Waals surface area (Å²) in [6.07, 6.45) is -7.89. The van der Waals surface area contributed by atoms with E-state index in [0.29, 0.717) is 32.7 Å². The van der Waals surface area contributed by atoms with E-state index in [1.165, 1.54) is 30.3 Å². The second-order valence-corrected chi connectivity index (χ2v) is 7.37. The highest BCUT2D eigenvalue weighted by molar-refractivity contribution is 5.95. The summed E-state index contributed by atoms with van der Waals surface area (Å²) in [5.41, 5.74) is -0.185. The molecule has 0 unspecified atom stereocenters. The number of hydrogen-bond acceptors (Lipinski definition) is 4. The number of carbonyl (C=O) groups is 1. The third-order valence-corrected chi connectivity index (χ3v) is 5.33. The molecule has 166 valence electrons. The van der Waals surface area contributed by atoms with Gasteiger partial charge in [0.2, 0.25) is 0 Å². The lowest BCUT2D eigenvalue weighted by Gasteiger charge is -2.35. The van der Waals surface area contributed by atoms with E-state index in [2.05, 4.69) is 9.47 Å². The van der Waals surface area contributed by atoms with Crippen LogP contribution in [0, 0.1) is 0 Å². The molecule has 0 radical (unpaired) electrons. The molecule has 0 aromatic heterocycles. The van der Waals surface area contributed by atoms with Crippen molar-refractivity contribution >= 4 is 5.91 Å². The van der Waals surface area contributed by atoms with Gasteiger partial charge in [0.25, 0.3) is 5.91 Å². The molecule has 2 aliphatic heterocycles. The summed E-state index contributed by atoms with van der Waals surface area (Å²) in [5.74, 6) is -0.660. The first kappa shape index (κ1) is 21.4. The number of halogens is 5. The van der Waals surface area contributed by atoms with Crippen LogP contribution in [0.5, 0.6) is 11.5 Å². The molecule has 31 heavy (non-hydrogen) atoms. The van der Waals surface area contributed by atoms with Crippen LogP contribution in [0.15, 0.2) is 42.5 Å². The van der Waals surface area contributed by atoms with Gasteiger partial charge in [0.15, 0.2) is 11.5 Å². The lowest BCUT2D eigenvalue weighted by atomic mass is 10.0. The Morgan fingerprint density at radius 1 is 0.968 bits per heavy atom. The lowest BCUT2D eigenvalue weighted by molar-refractivity contribution is -0.286. The summed E-state index contributed by atoms with van der Waals surface area (Å²) in [7, 11) is 0. The molecule has 0 atom stereocenters. The van der Waals surface area contributed by atoms with E-state index < -0.39 is 18.0 Å². The van der Waals surface area contributed by atoms with E-state index in [0.717, 1.165) is 6.07 Å². The third-order valence-electron chi connectivity index (χ3n) is 5.33. The third kappa shape index (κ3) is 4.73. The van der Waals surface area contributed by atoms with Gasteiger partial charge in [-0.25, -0.2) is 0 Å². The quantitative estimate of drug-likeness (QED) is 0.671. The highest BCUT2D eigenvalue weighted by Crippen LogP contribution is 2.41. The monoisotopic (exact) mass is 442 g/mol. The number of piperazine rings is 1. The summed E-state index contributed by atoms with van der Waals surface area (Å²) in [6, 6.07) is 9.39. The highest BCUT2D eigenvalue weighted by atomic mass is 19.4. The van der Waals surface area contributed by atoms with Crippen molar-refractivity contribution in [1.29, 1.82) is 0 Å². The first-order valence-corrected chi connectivity index (χ1v) is 9.69. The topological polar surface area (TPSA) is 42.0 Å².